The van der Waals surface area contributed by atoms with Crippen LogP contribution in [-0.4, -0.2) is 16.1 Å². The van der Waals surface area contributed by atoms with E-state index in [0.717, 1.165) is 16.3 Å². The number of carbonyl (C=O) groups is 1. The summed E-state index contributed by atoms with van der Waals surface area (Å²) in [6.07, 6.45) is 0. The number of nitrogens with one attached hydrogen (secondary N) is 2. The molecule has 0 saturated heterocycles. The first-order chi connectivity index (χ1) is 14.1. The third kappa shape index (κ3) is 4.34. The zero-order chi connectivity index (χ0) is 20.2. The Morgan fingerprint density at radius 1 is 0.931 bits per heavy atom. The molecule has 3 aromatic carbocycles. The number of aliphatic hydroxyl groups excluding tert-OH is 1. The van der Waals surface area contributed by atoms with Gasteiger partial charge in [-0.2, -0.15) is 0 Å². The van der Waals surface area contributed by atoms with Crippen molar-refractivity contribution in [3.05, 3.63) is 90.2 Å². The Kier molecular flexibility index (Phi) is 5.37. The van der Waals surface area contributed by atoms with E-state index >= 15 is 0 Å². The first kappa shape index (κ1) is 18.9. The van der Waals surface area contributed by atoms with Gasteiger partial charge in [-0.05, 0) is 59.4 Å². The van der Waals surface area contributed by atoms with Gasteiger partial charge in [-0.25, -0.2) is 0 Å². The molecule has 0 spiro atoms. The summed E-state index contributed by atoms with van der Waals surface area (Å²) in [5.74, 6) is 0.864. The predicted octanol–water partition coefficient (Wildman–Crippen LogP) is 4.72. The molecule has 1 amide bonds. The highest BCUT2D eigenvalue weighted by Gasteiger charge is 2.10. The molecule has 0 bridgehead atoms. The molecule has 0 saturated carbocycles. The smallest absolute Gasteiger partial charge is 0.257 e. The standard InChI is InChI=1S/C23H18N2O3S/c26-14-20-10-11-21(28-20)17-6-3-7-19(13-17)24-23(29)25-22(27)18-9-8-15-4-1-2-5-16(15)12-18/h1-13,26H,14H2,(H2,24,25,27,29). The molecule has 0 fully saturated rings. The fourth-order valence-electron chi connectivity index (χ4n) is 3.04. The third-order valence-electron chi connectivity index (χ3n) is 4.46. The fourth-order valence-corrected chi connectivity index (χ4v) is 3.25. The van der Waals surface area contributed by atoms with Crippen molar-refractivity contribution in [1.82, 2.24) is 5.32 Å². The number of anilines is 1. The van der Waals surface area contributed by atoms with Crippen LogP contribution in [0.2, 0.25) is 0 Å². The number of fused-ring (bicyclic) bond motifs is 1. The second-order valence-corrected chi connectivity index (χ2v) is 6.88. The van der Waals surface area contributed by atoms with Crippen LogP contribution in [-0.2, 0) is 6.61 Å². The van der Waals surface area contributed by atoms with Gasteiger partial charge in [0.25, 0.3) is 5.91 Å². The zero-order valence-corrected chi connectivity index (χ0v) is 16.2. The predicted molar refractivity (Wildman–Crippen MR) is 118 cm³/mol. The molecule has 4 aromatic rings. The lowest BCUT2D eigenvalue weighted by Gasteiger charge is -2.11. The summed E-state index contributed by atoms with van der Waals surface area (Å²) >= 11 is 5.29. The summed E-state index contributed by atoms with van der Waals surface area (Å²) in [7, 11) is 0. The summed E-state index contributed by atoms with van der Waals surface area (Å²) in [5.41, 5.74) is 2.08. The van der Waals surface area contributed by atoms with E-state index in [9.17, 15) is 4.79 Å². The van der Waals surface area contributed by atoms with Crippen LogP contribution in [0.5, 0.6) is 0 Å². The molecule has 0 radical (unpaired) electrons. The Morgan fingerprint density at radius 3 is 2.55 bits per heavy atom. The number of aliphatic hydroxyl groups is 1. The van der Waals surface area contributed by atoms with E-state index in [0.29, 0.717) is 22.8 Å². The number of hydrogen-bond donors (Lipinski definition) is 3. The lowest BCUT2D eigenvalue weighted by Crippen LogP contribution is -2.34. The summed E-state index contributed by atoms with van der Waals surface area (Å²) in [6.45, 7) is -0.150. The number of amides is 1. The van der Waals surface area contributed by atoms with Gasteiger partial charge in [-0.15, -0.1) is 0 Å². The van der Waals surface area contributed by atoms with E-state index in [1.807, 2.05) is 60.7 Å². The number of furan rings is 1. The number of thiocarbonyl (C=S) groups is 1. The van der Waals surface area contributed by atoms with Crippen molar-refractivity contribution in [2.45, 2.75) is 6.61 Å². The van der Waals surface area contributed by atoms with Crippen LogP contribution in [0.4, 0.5) is 5.69 Å². The van der Waals surface area contributed by atoms with Gasteiger partial charge in [0.2, 0.25) is 0 Å². The number of hydrogen-bond acceptors (Lipinski definition) is 4. The Morgan fingerprint density at radius 2 is 1.76 bits per heavy atom. The molecule has 5 nitrogen and oxygen atoms in total. The molecule has 0 unspecified atom stereocenters. The molecule has 0 aliphatic carbocycles. The van der Waals surface area contributed by atoms with Gasteiger partial charge in [0.15, 0.2) is 5.11 Å². The number of rotatable bonds is 4. The van der Waals surface area contributed by atoms with Crippen molar-refractivity contribution in [2.75, 3.05) is 5.32 Å². The minimum Gasteiger partial charge on any atom is -0.459 e. The van der Waals surface area contributed by atoms with Crippen LogP contribution in [0.1, 0.15) is 16.1 Å². The van der Waals surface area contributed by atoms with Crippen molar-refractivity contribution >= 4 is 39.7 Å². The summed E-state index contributed by atoms with van der Waals surface area (Å²) < 4.78 is 5.56. The Balaban J connectivity index is 1.45. The molecule has 144 valence electrons. The van der Waals surface area contributed by atoms with Crippen LogP contribution >= 0.6 is 12.2 Å². The highest BCUT2D eigenvalue weighted by Crippen LogP contribution is 2.25. The molecular weight excluding hydrogens is 384 g/mol. The Bertz CT molecular complexity index is 1200. The van der Waals surface area contributed by atoms with Gasteiger partial charge < -0.3 is 14.8 Å². The monoisotopic (exact) mass is 402 g/mol. The SMILES string of the molecule is O=C(NC(=S)Nc1cccc(-c2ccc(CO)o2)c1)c1ccc2ccccc2c1. The minimum absolute atomic E-state index is 0.150. The maximum absolute atomic E-state index is 12.5. The zero-order valence-electron chi connectivity index (χ0n) is 15.4. The van der Waals surface area contributed by atoms with Crippen LogP contribution in [0.3, 0.4) is 0 Å². The number of carbonyl (C=O) groups excluding carboxylic acids is 1. The summed E-state index contributed by atoms with van der Waals surface area (Å²) in [4.78, 5) is 12.5. The molecule has 3 N–H and O–H groups in total. The molecular formula is C23H18N2O3S. The lowest BCUT2D eigenvalue weighted by molar-refractivity contribution is 0.0978. The first-order valence-electron chi connectivity index (χ1n) is 9.03. The maximum Gasteiger partial charge on any atom is 0.257 e. The quantitative estimate of drug-likeness (QED) is 0.431. The molecule has 6 heteroatoms. The van der Waals surface area contributed by atoms with Crippen molar-refractivity contribution in [3.63, 3.8) is 0 Å². The maximum atomic E-state index is 12.5. The molecule has 0 aliphatic rings. The molecule has 4 rings (SSSR count). The molecule has 0 atom stereocenters. The first-order valence-corrected chi connectivity index (χ1v) is 9.44. The van der Waals surface area contributed by atoms with Crippen LogP contribution in [0, 0.1) is 0 Å². The average Bonchev–Trinajstić information content (AvgIpc) is 3.23. The van der Waals surface area contributed by atoms with Crippen molar-refractivity contribution in [3.8, 4) is 11.3 Å². The molecule has 1 aromatic heterocycles. The average molecular weight is 402 g/mol. The fraction of sp³-hybridized carbons (Fsp3) is 0.0435. The molecule has 29 heavy (non-hydrogen) atoms. The van der Waals surface area contributed by atoms with Crippen molar-refractivity contribution in [2.24, 2.45) is 0 Å². The van der Waals surface area contributed by atoms with Crippen molar-refractivity contribution < 1.29 is 14.3 Å². The van der Waals surface area contributed by atoms with E-state index in [1.165, 1.54) is 0 Å². The van der Waals surface area contributed by atoms with Gasteiger partial charge in [-0.1, -0.05) is 42.5 Å². The van der Waals surface area contributed by atoms with Gasteiger partial charge in [0.05, 0.1) is 0 Å². The number of benzene rings is 3. The van der Waals surface area contributed by atoms with Crippen LogP contribution < -0.4 is 10.6 Å². The normalized spacial score (nSPS) is 10.7. The summed E-state index contributed by atoms with van der Waals surface area (Å²) in [6, 6.07) is 24.3. The second-order valence-electron chi connectivity index (χ2n) is 6.48. The highest BCUT2D eigenvalue weighted by atomic mass is 32.1. The van der Waals surface area contributed by atoms with Crippen LogP contribution in [0.15, 0.2) is 83.3 Å². The minimum atomic E-state index is -0.275. The largest absolute Gasteiger partial charge is 0.459 e. The van der Waals surface area contributed by atoms with Gasteiger partial charge in [-0.3, -0.25) is 10.1 Å². The van der Waals surface area contributed by atoms with Gasteiger partial charge >= 0.3 is 0 Å². The van der Waals surface area contributed by atoms with Gasteiger partial charge in [0.1, 0.15) is 18.1 Å². The third-order valence-corrected chi connectivity index (χ3v) is 4.67. The van der Waals surface area contributed by atoms with Crippen molar-refractivity contribution in [1.29, 1.82) is 0 Å². The summed E-state index contributed by atoms with van der Waals surface area (Å²) in [5, 5.41) is 17.1. The van der Waals surface area contributed by atoms with E-state index < -0.39 is 0 Å². The molecule has 1 heterocycles. The second kappa shape index (κ2) is 8.26. The van der Waals surface area contributed by atoms with Crippen LogP contribution in [0.25, 0.3) is 22.1 Å². The lowest BCUT2D eigenvalue weighted by atomic mass is 10.1. The van der Waals surface area contributed by atoms with E-state index in [-0.39, 0.29) is 17.6 Å². The topological polar surface area (TPSA) is 74.5 Å². The van der Waals surface area contributed by atoms with E-state index in [2.05, 4.69) is 10.6 Å². The van der Waals surface area contributed by atoms with E-state index in [1.54, 1.807) is 18.2 Å². The molecule has 0 aliphatic heterocycles. The van der Waals surface area contributed by atoms with Gasteiger partial charge in [0, 0.05) is 16.8 Å². The highest BCUT2D eigenvalue weighted by molar-refractivity contribution is 7.80. The Labute approximate surface area is 173 Å². The Hall–Kier alpha value is -3.48. The van der Waals surface area contributed by atoms with E-state index in [4.69, 9.17) is 21.7 Å².